The molecule has 0 bridgehead atoms. The average Bonchev–Trinajstić information content (AvgIpc) is 3.32. The monoisotopic (exact) mass is 459 g/mol. The lowest BCUT2D eigenvalue weighted by Crippen LogP contribution is -2.49. The van der Waals surface area contributed by atoms with Gasteiger partial charge >= 0.3 is 0 Å². The summed E-state index contributed by atoms with van der Waals surface area (Å²) in [5.41, 5.74) is 2.72. The van der Waals surface area contributed by atoms with E-state index < -0.39 is 0 Å². The summed E-state index contributed by atoms with van der Waals surface area (Å²) in [5, 5.41) is 8.94. The number of carbonyl (C=O) groups excluding carboxylic acids is 1. The maximum atomic E-state index is 12.9. The number of thiazole rings is 1. The minimum Gasteiger partial charge on any atom is -0.339 e. The van der Waals surface area contributed by atoms with Crippen LogP contribution >= 0.6 is 11.3 Å². The highest BCUT2D eigenvalue weighted by Gasteiger charge is 2.23. The number of aryl methyl sites for hydroxylation is 1. The molecule has 4 aromatic rings. The summed E-state index contributed by atoms with van der Waals surface area (Å²) in [4.78, 5) is 34.6. The lowest BCUT2D eigenvalue weighted by molar-refractivity contribution is -0.133. The van der Waals surface area contributed by atoms with E-state index in [2.05, 4.69) is 27.5 Å². The molecule has 1 aliphatic rings. The number of benzene rings is 2. The van der Waals surface area contributed by atoms with Gasteiger partial charge in [0.25, 0.3) is 5.56 Å². The summed E-state index contributed by atoms with van der Waals surface area (Å²) in [5.74, 6) is -0.0704. The first-order chi connectivity index (χ1) is 16.1. The number of hydrogen-bond acceptors (Lipinski definition) is 6. The van der Waals surface area contributed by atoms with Crippen LogP contribution in [0.1, 0.15) is 11.4 Å². The zero-order valence-electron chi connectivity index (χ0n) is 18.5. The number of rotatable bonds is 5. The molecule has 0 N–H and O–H groups in total. The van der Waals surface area contributed by atoms with Gasteiger partial charge in [-0.1, -0.05) is 48.5 Å². The smallest absolute Gasteiger partial charge is 0.275 e. The summed E-state index contributed by atoms with van der Waals surface area (Å²) in [6.45, 7) is 5.44. The van der Waals surface area contributed by atoms with Crippen LogP contribution in [-0.2, 0) is 17.9 Å². The Morgan fingerprint density at radius 1 is 0.970 bits per heavy atom. The summed E-state index contributed by atoms with van der Waals surface area (Å²) in [6.07, 6.45) is 0. The van der Waals surface area contributed by atoms with Crippen LogP contribution in [0.25, 0.3) is 21.3 Å². The third-order valence-electron chi connectivity index (χ3n) is 6.02. The fourth-order valence-corrected chi connectivity index (χ4v) is 5.03. The highest BCUT2D eigenvalue weighted by atomic mass is 32.1. The summed E-state index contributed by atoms with van der Waals surface area (Å²) in [6, 6.07) is 17.6. The zero-order valence-corrected chi connectivity index (χ0v) is 19.3. The number of fused-ring (bicyclic) bond motifs is 1. The predicted molar refractivity (Wildman–Crippen MR) is 130 cm³/mol. The van der Waals surface area contributed by atoms with E-state index in [0.717, 1.165) is 47.0 Å². The lowest BCUT2D eigenvalue weighted by atomic mass is 10.1. The van der Waals surface area contributed by atoms with Crippen molar-refractivity contribution in [2.45, 2.75) is 20.0 Å². The van der Waals surface area contributed by atoms with Gasteiger partial charge in [-0.15, -0.1) is 11.3 Å². The Bertz CT molecular complexity index is 1340. The first-order valence-corrected chi connectivity index (χ1v) is 11.9. The van der Waals surface area contributed by atoms with Crippen molar-refractivity contribution in [2.75, 3.05) is 26.2 Å². The molecule has 5 rings (SSSR count). The fourth-order valence-electron chi connectivity index (χ4n) is 4.22. The van der Waals surface area contributed by atoms with E-state index in [4.69, 9.17) is 4.98 Å². The number of carbonyl (C=O) groups is 1. The van der Waals surface area contributed by atoms with E-state index in [1.165, 1.54) is 4.68 Å². The van der Waals surface area contributed by atoms with E-state index in [1.807, 2.05) is 48.2 Å². The molecule has 1 fully saturated rings. The maximum Gasteiger partial charge on any atom is 0.275 e. The van der Waals surface area contributed by atoms with Crippen LogP contribution in [0.5, 0.6) is 0 Å². The highest BCUT2D eigenvalue weighted by Crippen LogP contribution is 2.24. The molecule has 2 aromatic heterocycles. The Hall–Kier alpha value is -3.36. The molecule has 0 saturated carbocycles. The minimum atomic E-state index is -0.221. The number of amides is 1. The Labute approximate surface area is 195 Å². The molecule has 7 nitrogen and oxygen atoms in total. The molecular formula is C25H25N5O2S. The number of aromatic nitrogens is 3. The van der Waals surface area contributed by atoms with Crippen molar-refractivity contribution in [3.05, 3.63) is 81.7 Å². The normalized spacial score (nSPS) is 14.6. The summed E-state index contributed by atoms with van der Waals surface area (Å²) >= 11 is 1.66. The van der Waals surface area contributed by atoms with Gasteiger partial charge in [0.05, 0.1) is 16.8 Å². The lowest BCUT2D eigenvalue weighted by Gasteiger charge is -2.34. The maximum absolute atomic E-state index is 12.9. The molecule has 8 heteroatoms. The van der Waals surface area contributed by atoms with Crippen LogP contribution in [0.15, 0.2) is 64.8 Å². The van der Waals surface area contributed by atoms with E-state index in [0.29, 0.717) is 18.5 Å². The second kappa shape index (κ2) is 9.25. The van der Waals surface area contributed by atoms with E-state index in [-0.39, 0.29) is 18.0 Å². The van der Waals surface area contributed by atoms with Crippen molar-refractivity contribution >= 4 is 28.0 Å². The molecule has 0 atom stereocenters. The van der Waals surface area contributed by atoms with Crippen molar-refractivity contribution in [3.8, 4) is 10.6 Å². The molecule has 0 aliphatic carbocycles. The Morgan fingerprint density at radius 2 is 1.67 bits per heavy atom. The fraction of sp³-hybridized carbons (Fsp3) is 0.280. The molecule has 0 spiro atoms. The molecule has 1 aliphatic heterocycles. The van der Waals surface area contributed by atoms with Crippen LogP contribution in [0, 0.1) is 6.92 Å². The molecule has 33 heavy (non-hydrogen) atoms. The van der Waals surface area contributed by atoms with Gasteiger partial charge in [-0.05, 0) is 13.0 Å². The van der Waals surface area contributed by atoms with Gasteiger partial charge in [-0.3, -0.25) is 14.5 Å². The van der Waals surface area contributed by atoms with E-state index in [1.54, 1.807) is 17.4 Å². The first kappa shape index (κ1) is 21.5. The van der Waals surface area contributed by atoms with Gasteiger partial charge in [-0.2, -0.15) is 5.10 Å². The molecule has 168 valence electrons. The predicted octanol–water partition coefficient (Wildman–Crippen LogP) is 3.17. The van der Waals surface area contributed by atoms with E-state index in [9.17, 15) is 9.59 Å². The largest absolute Gasteiger partial charge is 0.339 e. The molecule has 2 aromatic carbocycles. The second-order valence-electron chi connectivity index (χ2n) is 8.26. The topological polar surface area (TPSA) is 71.3 Å². The second-order valence-corrected chi connectivity index (χ2v) is 9.12. The molecular weight excluding hydrogens is 434 g/mol. The Morgan fingerprint density at radius 3 is 2.42 bits per heavy atom. The number of nitrogens with zero attached hydrogens (tertiary/aromatic N) is 5. The Kier molecular flexibility index (Phi) is 6.02. The van der Waals surface area contributed by atoms with E-state index >= 15 is 0 Å². The van der Waals surface area contributed by atoms with Gasteiger partial charge in [0.1, 0.15) is 11.6 Å². The third-order valence-corrected chi connectivity index (χ3v) is 6.96. The van der Waals surface area contributed by atoms with Crippen molar-refractivity contribution < 1.29 is 4.79 Å². The van der Waals surface area contributed by atoms with Gasteiger partial charge in [0.15, 0.2) is 0 Å². The quantitative estimate of drug-likeness (QED) is 0.458. The molecule has 0 unspecified atom stereocenters. The summed E-state index contributed by atoms with van der Waals surface area (Å²) < 4.78 is 1.30. The van der Waals surface area contributed by atoms with Crippen molar-refractivity contribution in [2.24, 2.45) is 0 Å². The van der Waals surface area contributed by atoms with Crippen LogP contribution in [0.3, 0.4) is 0 Å². The molecule has 0 radical (unpaired) electrons. The first-order valence-electron chi connectivity index (χ1n) is 11.0. The van der Waals surface area contributed by atoms with Gasteiger partial charge < -0.3 is 4.90 Å². The Balaban J connectivity index is 1.19. The van der Waals surface area contributed by atoms with Crippen molar-refractivity contribution in [1.82, 2.24) is 24.6 Å². The SMILES string of the molecule is Cc1nn(CC(=O)N2CCN(Cc3csc(-c4ccccc4)n3)CC2)c(=O)c2ccccc12. The van der Waals surface area contributed by atoms with Crippen LogP contribution in [0.4, 0.5) is 0 Å². The number of hydrogen-bond donors (Lipinski definition) is 0. The molecule has 3 heterocycles. The van der Waals surface area contributed by atoms with Crippen LogP contribution in [-0.4, -0.2) is 56.7 Å². The third kappa shape index (κ3) is 4.58. The van der Waals surface area contributed by atoms with Crippen LogP contribution in [0.2, 0.25) is 0 Å². The van der Waals surface area contributed by atoms with Gasteiger partial charge in [0, 0.05) is 49.1 Å². The average molecular weight is 460 g/mol. The van der Waals surface area contributed by atoms with Crippen LogP contribution < -0.4 is 5.56 Å². The van der Waals surface area contributed by atoms with Crippen molar-refractivity contribution in [3.63, 3.8) is 0 Å². The molecule has 1 saturated heterocycles. The minimum absolute atomic E-state index is 0.0307. The zero-order chi connectivity index (χ0) is 22.8. The summed E-state index contributed by atoms with van der Waals surface area (Å²) in [7, 11) is 0. The van der Waals surface area contributed by atoms with Gasteiger partial charge in [-0.25, -0.2) is 9.67 Å². The highest BCUT2D eigenvalue weighted by molar-refractivity contribution is 7.13. The standard InChI is InChI=1S/C25H25N5O2S/c1-18-21-9-5-6-10-22(21)25(32)30(27-18)16-23(31)29-13-11-28(12-14-29)15-20-17-33-24(26-20)19-7-3-2-4-8-19/h2-10,17H,11-16H2,1H3. The van der Waals surface area contributed by atoms with Crippen molar-refractivity contribution in [1.29, 1.82) is 0 Å². The van der Waals surface area contributed by atoms with Gasteiger partial charge in [0.2, 0.25) is 5.91 Å². The number of piperazine rings is 1. The molecule has 1 amide bonds.